The molecule has 20 heavy (non-hydrogen) atoms. The number of benzene rings is 1. The number of anilines is 1. The van der Waals surface area contributed by atoms with Gasteiger partial charge < -0.3 is 5.32 Å². The zero-order valence-corrected chi connectivity index (χ0v) is 10.2. The molecule has 0 saturated heterocycles. The molecule has 0 unspecified atom stereocenters. The van der Waals surface area contributed by atoms with E-state index in [4.69, 9.17) is 0 Å². The zero-order chi connectivity index (χ0) is 14.8. The molecule has 2 rings (SSSR count). The monoisotopic (exact) mass is 281 g/mol. The maximum absolute atomic E-state index is 12.7. The van der Waals surface area contributed by atoms with E-state index in [1.807, 2.05) is 0 Å². The predicted octanol–water partition coefficient (Wildman–Crippen LogP) is 3.01. The Bertz CT molecular complexity index is 692. The number of aromatic nitrogens is 2. The summed E-state index contributed by atoms with van der Waals surface area (Å²) in [5.41, 5.74) is -0.751. The summed E-state index contributed by atoms with van der Waals surface area (Å²) in [5, 5.41) is 2.66. The van der Waals surface area contributed by atoms with Gasteiger partial charge in [0.2, 0.25) is 0 Å². The molecule has 0 amide bonds. The predicted molar refractivity (Wildman–Crippen MR) is 69.1 cm³/mol. The largest absolute Gasteiger partial charge is 0.416 e. The van der Waals surface area contributed by atoms with Crippen molar-refractivity contribution in [2.75, 3.05) is 5.32 Å². The van der Waals surface area contributed by atoms with Gasteiger partial charge in [-0.25, -0.2) is 9.78 Å². The third-order valence-electron chi connectivity index (χ3n) is 2.56. The highest BCUT2D eigenvalue weighted by molar-refractivity contribution is 5.75. The minimum Gasteiger partial charge on any atom is -0.348 e. The number of nitrogens with zero attached hydrogens (tertiary/aromatic N) is 1. The molecule has 0 aliphatic rings. The van der Waals surface area contributed by atoms with Crippen LogP contribution in [0.25, 0.3) is 11.1 Å². The maximum atomic E-state index is 12.7. The van der Waals surface area contributed by atoms with Crippen molar-refractivity contribution < 1.29 is 13.2 Å². The average molecular weight is 281 g/mol. The fourth-order valence-electron chi connectivity index (χ4n) is 1.69. The Hall–Kier alpha value is -2.57. The van der Waals surface area contributed by atoms with E-state index < -0.39 is 17.4 Å². The standard InChI is InChI=1S/C13H10F3N3O/c1-2-17-11-10(7-18-12(20)19-11)8-4-3-5-9(6-8)13(14,15)16/h2-7H,1H2,(H2,17,18,19,20). The Labute approximate surface area is 112 Å². The first kappa shape index (κ1) is 13.9. The summed E-state index contributed by atoms with van der Waals surface area (Å²) in [5.74, 6) is 0.235. The lowest BCUT2D eigenvalue weighted by Gasteiger charge is -2.11. The van der Waals surface area contributed by atoms with Crippen molar-refractivity contribution in [1.29, 1.82) is 0 Å². The van der Waals surface area contributed by atoms with Gasteiger partial charge in [0.1, 0.15) is 5.82 Å². The Morgan fingerprint density at radius 3 is 2.75 bits per heavy atom. The molecule has 4 nitrogen and oxygen atoms in total. The van der Waals surface area contributed by atoms with Crippen molar-refractivity contribution >= 4 is 5.82 Å². The number of H-pyrrole nitrogens is 1. The summed E-state index contributed by atoms with van der Waals surface area (Å²) in [6.07, 6.45) is -1.92. The smallest absolute Gasteiger partial charge is 0.348 e. The second kappa shape index (κ2) is 5.20. The Balaban J connectivity index is 2.57. The average Bonchev–Trinajstić information content (AvgIpc) is 2.38. The summed E-state index contributed by atoms with van der Waals surface area (Å²) in [4.78, 5) is 17.1. The normalized spacial score (nSPS) is 11.2. The number of alkyl halides is 3. The Morgan fingerprint density at radius 2 is 2.10 bits per heavy atom. The molecule has 0 bridgehead atoms. The third-order valence-corrected chi connectivity index (χ3v) is 2.56. The highest BCUT2D eigenvalue weighted by atomic mass is 19.4. The molecule has 1 heterocycles. The van der Waals surface area contributed by atoms with Gasteiger partial charge in [0.25, 0.3) is 0 Å². The number of halogens is 3. The van der Waals surface area contributed by atoms with Crippen molar-refractivity contribution in [3.63, 3.8) is 0 Å². The highest BCUT2D eigenvalue weighted by Gasteiger charge is 2.30. The number of hydrogen-bond donors (Lipinski definition) is 2. The van der Waals surface area contributed by atoms with Crippen LogP contribution in [0.15, 0.2) is 48.0 Å². The third kappa shape index (κ3) is 2.87. The fraction of sp³-hybridized carbons (Fsp3) is 0.0769. The Morgan fingerprint density at radius 1 is 1.35 bits per heavy atom. The number of nitrogens with one attached hydrogen (secondary N) is 2. The Kier molecular flexibility index (Phi) is 3.60. The first-order valence-electron chi connectivity index (χ1n) is 5.56. The van der Waals surface area contributed by atoms with Crippen LogP contribution in [0.3, 0.4) is 0 Å². The van der Waals surface area contributed by atoms with Crippen LogP contribution in [-0.2, 0) is 6.18 Å². The van der Waals surface area contributed by atoms with Crippen LogP contribution in [-0.4, -0.2) is 9.97 Å². The molecule has 0 fully saturated rings. The first-order chi connectivity index (χ1) is 9.41. The number of aromatic amines is 1. The van der Waals surface area contributed by atoms with E-state index in [0.29, 0.717) is 5.56 Å². The van der Waals surface area contributed by atoms with Gasteiger partial charge in [-0.05, 0) is 23.9 Å². The molecule has 0 atom stereocenters. The minimum atomic E-state index is -4.43. The number of rotatable bonds is 3. The van der Waals surface area contributed by atoms with E-state index in [-0.39, 0.29) is 11.4 Å². The SMILES string of the molecule is C=CNc1[nH]c(=O)ncc1-c1cccc(C(F)(F)F)c1. The second-order valence-electron chi connectivity index (χ2n) is 3.90. The van der Waals surface area contributed by atoms with Crippen molar-refractivity contribution in [3.05, 3.63) is 59.3 Å². The van der Waals surface area contributed by atoms with Gasteiger partial charge in [-0.3, -0.25) is 4.98 Å². The second-order valence-corrected chi connectivity index (χ2v) is 3.90. The van der Waals surface area contributed by atoms with E-state index in [1.165, 1.54) is 24.5 Å². The molecule has 0 spiro atoms. The molecule has 104 valence electrons. The van der Waals surface area contributed by atoms with Gasteiger partial charge in [-0.1, -0.05) is 18.7 Å². The summed E-state index contributed by atoms with van der Waals surface area (Å²) in [7, 11) is 0. The summed E-state index contributed by atoms with van der Waals surface area (Å²) in [6.45, 7) is 3.44. The maximum Gasteiger partial charge on any atom is 0.416 e. The lowest BCUT2D eigenvalue weighted by Crippen LogP contribution is -2.12. The molecule has 2 aromatic rings. The van der Waals surface area contributed by atoms with Crippen LogP contribution in [0, 0.1) is 0 Å². The molecule has 0 radical (unpaired) electrons. The lowest BCUT2D eigenvalue weighted by molar-refractivity contribution is -0.137. The van der Waals surface area contributed by atoms with Gasteiger partial charge in [-0.2, -0.15) is 13.2 Å². The topological polar surface area (TPSA) is 57.8 Å². The van der Waals surface area contributed by atoms with Crippen molar-refractivity contribution in [3.8, 4) is 11.1 Å². The van der Waals surface area contributed by atoms with Crippen molar-refractivity contribution in [2.45, 2.75) is 6.18 Å². The quantitative estimate of drug-likeness (QED) is 0.909. The van der Waals surface area contributed by atoms with E-state index in [1.54, 1.807) is 0 Å². The molecule has 7 heteroatoms. The van der Waals surface area contributed by atoms with Crippen molar-refractivity contribution in [2.24, 2.45) is 0 Å². The van der Waals surface area contributed by atoms with Gasteiger partial charge in [0.15, 0.2) is 0 Å². The summed E-state index contributed by atoms with van der Waals surface area (Å²) in [6, 6.07) is 4.76. The van der Waals surface area contributed by atoms with Crippen LogP contribution < -0.4 is 11.0 Å². The van der Waals surface area contributed by atoms with Crippen LogP contribution in [0.2, 0.25) is 0 Å². The highest BCUT2D eigenvalue weighted by Crippen LogP contribution is 2.33. The van der Waals surface area contributed by atoms with E-state index in [9.17, 15) is 18.0 Å². The molecular weight excluding hydrogens is 271 g/mol. The van der Waals surface area contributed by atoms with E-state index in [0.717, 1.165) is 12.1 Å². The van der Waals surface area contributed by atoms with Gasteiger partial charge in [0.05, 0.1) is 5.56 Å². The molecule has 2 N–H and O–H groups in total. The summed E-state index contributed by atoms with van der Waals surface area (Å²) < 4.78 is 38.1. The van der Waals surface area contributed by atoms with Crippen molar-refractivity contribution in [1.82, 2.24) is 9.97 Å². The first-order valence-corrected chi connectivity index (χ1v) is 5.56. The molecule has 0 aliphatic heterocycles. The van der Waals surface area contributed by atoms with E-state index >= 15 is 0 Å². The van der Waals surface area contributed by atoms with Crippen LogP contribution >= 0.6 is 0 Å². The van der Waals surface area contributed by atoms with Crippen LogP contribution in [0.4, 0.5) is 19.0 Å². The van der Waals surface area contributed by atoms with Gasteiger partial charge >= 0.3 is 11.9 Å². The molecule has 0 aliphatic carbocycles. The van der Waals surface area contributed by atoms with Gasteiger partial charge in [-0.15, -0.1) is 0 Å². The number of hydrogen-bond acceptors (Lipinski definition) is 3. The van der Waals surface area contributed by atoms with Crippen LogP contribution in [0.1, 0.15) is 5.56 Å². The minimum absolute atomic E-state index is 0.235. The van der Waals surface area contributed by atoms with Gasteiger partial charge in [0, 0.05) is 11.8 Å². The molecule has 1 aromatic heterocycles. The molecule has 1 aromatic carbocycles. The lowest BCUT2D eigenvalue weighted by atomic mass is 10.0. The summed E-state index contributed by atoms with van der Waals surface area (Å²) >= 11 is 0. The van der Waals surface area contributed by atoms with Crippen LogP contribution in [0.5, 0.6) is 0 Å². The molecule has 0 saturated carbocycles. The zero-order valence-electron chi connectivity index (χ0n) is 10.2. The van der Waals surface area contributed by atoms with E-state index in [2.05, 4.69) is 21.9 Å². The molecular formula is C13H10F3N3O. The fourth-order valence-corrected chi connectivity index (χ4v) is 1.69.